The van der Waals surface area contributed by atoms with Crippen molar-refractivity contribution < 1.29 is 22.7 Å². The molecule has 6 heteroatoms. The number of esters is 1. The van der Waals surface area contributed by atoms with E-state index in [0.717, 1.165) is 0 Å². The van der Waals surface area contributed by atoms with Crippen LogP contribution in [-0.2, 0) is 9.53 Å². The molecule has 0 saturated carbocycles. The van der Waals surface area contributed by atoms with Crippen LogP contribution in [0.5, 0.6) is 0 Å². The number of nitrogens with two attached hydrogens (primary N) is 1. The zero-order valence-corrected chi connectivity index (χ0v) is 8.31. The summed E-state index contributed by atoms with van der Waals surface area (Å²) in [7, 11) is 0. The van der Waals surface area contributed by atoms with Gasteiger partial charge < -0.3 is 10.5 Å². The van der Waals surface area contributed by atoms with Gasteiger partial charge in [0, 0.05) is 0 Å². The fourth-order valence-electron chi connectivity index (χ4n) is 0.710. The molecule has 0 saturated heterocycles. The lowest BCUT2D eigenvalue weighted by Crippen LogP contribution is -2.40. The summed E-state index contributed by atoms with van der Waals surface area (Å²) in [5.41, 5.74) is 4.20. The Morgan fingerprint density at radius 3 is 2.07 bits per heavy atom. The zero-order valence-electron chi connectivity index (χ0n) is 8.31. The predicted octanol–water partition coefficient (Wildman–Crippen LogP) is 1.61. The Labute approximate surface area is 80.4 Å². The lowest BCUT2D eigenvalue weighted by atomic mass is 10.1. The van der Waals surface area contributed by atoms with Gasteiger partial charge in [-0.2, -0.15) is 13.2 Å². The Morgan fingerprint density at radius 1 is 1.36 bits per heavy atom. The molecule has 0 rings (SSSR count). The van der Waals surface area contributed by atoms with Crippen molar-refractivity contribution >= 4 is 5.97 Å². The maximum absolute atomic E-state index is 11.8. The van der Waals surface area contributed by atoms with Gasteiger partial charge in [0.2, 0.25) is 0 Å². The predicted molar refractivity (Wildman–Crippen MR) is 44.5 cm³/mol. The fraction of sp³-hybridized carbons (Fsp3) is 0.875. The average molecular weight is 213 g/mol. The smallest absolute Gasteiger partial charge is 0.391 e. The van der Waals surface area contributed by atoms with Crippen molar-refractivity contribution in [2.75, 3.05) is 0 Å². The molecule has 0 fully saturated rings. The minimum absolute atomic E-state index is 0.819. The first-order valence-corrected chi connectivity index (χ1v) is 4.06. The van der Waals surface area contributed by atoms with Crippen LogP contribution in [0.15, 0.2) is 0 Å². The van der Waals surface area contributed by atoms with E-state index in [1.165, 1.54) is 0 Å². The van der Waals surface area contributed by atoms with Gasteiger partial charge in [0.25, 0.3) is 0 Å². The molecule has 0 aliphatic heterocycles. The van der Waals surface area contributed by atoms with Crippen LogP contribution in [0, 0.1) is 0 Å². The molecule has 0 amide bonds. The van der Waals surface area contributed by atoms with Crippen LogP contribution in [0.4, 0.5) is 13.2 Å². The molecule has 0 radical (unpaired) electrons. The second kappa shape index (κ2) is 4.16. The van der Waals surface area contributed by atoms with Crippen molar-refractivity contribution in [1.29, 1.82) is 0 Å². The summed E-state index contributed by atoms with van der Waals surface area (Å²) >= 11 is 0. The SMILES string of the molecule is CC(C)(C)OC(=O)C(N)CC(F)(F)F. The van der Waals surface area contributed by atoms with Gasteiger partial charge in [-0.05, 0) is 20.8 Å². The molecule has 0 aromatic heterocycles. The number of carbonyl (C=O) groups excluding carboxylic acids is 1. The summed E-state index contributed by atoms with van der Waals surface area (Å²) in [6, 6.07) is -1.64. The van der Waals surface area contributed by atoms with Crippen molar-refractivity contribution in [2.24, 2.45) is 5.73 Å². The number of halogens is 3. The van der Waals surface area contributed by atoms with Gasteiger partial charge in [-0.3, -0.25) is 4.79 Å². The second-order valence-electron chi connectivity index (χ2n) is 3.96. The zero-order chi connectivity index (χ0) is 11.6. The number of carbonyl (C=O) groups is 1. The van der Waals surface area contributed by atoms with Crippen LogP contribution in [-0.4, -0.2) is 23.8 Å². The van der Waals surface area contributed by atoms with Gasteiger partial charge in [0.1, 0.15) is 11.6 Å². The number of alkyl halides is 3. The topological polar surface area (TPSA) is 52.3 Å². The van der Waals surface area contributed by atoms with E-state index in [1.807, 2.05) is 0 Å². The summed E-state index contributed by atoms with van der Waals surface area (Å²) in [6.45, 7) is 4.68. The highest BCUT2D eigenvalue weighted by molar-refractivity contribution is 5.75. The van der Waals surface area contributed by atoms with E-state index in [0.29, 0.717) is 0 Å². The third-order valence-corrected chi connectivity index (χ3v) is 1.16. The van der Waals surface area contributed by atoms with E-state index >= 15 is 0 Å². The summed E-state index contributed by atoms with van der Waals surface area (Å²) in [5, 5.41) is 0. The standard InChI is InChI=1S/C8H14F3NO2/c1-7(2,3)14-6(13)5(12)4-8(9,10)11/h5H,4,12H2,1-3H3. The normalized spacial score (nSPS) is 15.1. The maximum atomic E-state index is 11.8. The van der Waals surface area contributed by atoms with Crippen molar-refractivity contribution in [3.63, 3.8) is 0 Å². The molecule has 0 aliphatic rings. The quantitative estimate of drug-likeness (QED) is 0.709. The first-order chi connectivity index (χ1) is 6.01. The highest BCUT2D eigenvalue weighted by Crippen LogP contribution is 2.21. The van der Waals surface area contributed by atoms with Crippen LogP contribution < -0.4 is 5.73 Å². The van der Waals surface area contributed by atoms with Crippen LogP contribution in [0.25, 0.3) is 0 Å². The molecule has 0 spiro atoms. The first-order valence-electron chi connectivity index (χ1n) is 4.06. The van der Waals surface area contributed by atoms with Crippen molar-refractivity contribution in [1.82, 2.24) is 0 Å². The molecule has 0 heterocycles. The van der Waals surface area contributed by atoms with E-state index in [-0.39, 0.29) is 0 Å². The first kappa shape index (κ1) is 13.2. The molecular formula is C8H14F3NO2. The molecule has 0 bridgehead atoms. The van der Waals surface area contributed by atoms with E-state index in [9.17, 15) is 18.0 Å². The largest absolute Gasteiger partial charge is 0.459 e. The van der Waals surface area contributed by atoms with Gasteiger partial charge >= 0.3 is 12.1 Å². The highest BCUT2D eigenvalue weighted by Gasteiger charge is 2.35. The molecule has 84 valence electrons. The summed E-state index contributed by atoms with van der Waals surface area (Å²) in [5.74, 6) is -1.03. The summed E-state index contributed by atoms with van der Waals surface area (Å²) in [6.07, 6.45) is -5.81. The minimum Gasteiger partial charge on any atom is -0.459 e. The van der Waals surface area contributed by atoms with E-state index in [4.69, 9.17) is 5.73 Å². The van der Waals surface area contributed by atoms with Gasteiger partial charge in [-0.1, -0.05) is 0 Å². The number of hydrogen-bond acceptors (Lipinski definition) is 3. The molecular weight excluding hydrogens is 199 g/mol. The Kier molecular flexibility index (Phi) is 3.93. The molecule has 3 nitrogen and oxygen atoms in total. The molecule has 0 aromatic rings. The number of ether oxygens (including phenoxy) is 1. The molecule has 1 unspecified atom stereocenters. The third-order valence-electron chi connectivity index (χ3n) is 1.16. The van der Waals surface area contributed by atoms with Crippen molar-refractivity contribution in [3.8, 4) is 0 Å². The lowest BCUT2D eigenvalue weighted by Gasteiger charge is -2.22. The van der Waals surface area contributed by atoms with Gasteiger partial charge in [0.15, 0.2) is 0 Å². The lowest BCUT2D eigenvalue weighted by molar-refractivity contribution is -0.168. The fourth-order valence-corrected chi connectivity index (χ4v) is 0.710. The second-order valence-corrected chi connectivity index (χ2v) is 3.96. The van der Waals surface area contributed by atoms with Gasteiger partial charge in [-0.25, -0.2) is 0 Å². The summed E-state index contributed by atoms with van der Waals surface area (Å²) in [4.78, 5) is 11.0. The van der Waals surface area contributed by atoms with E-state index < -0.39 is 30.2 Å². The van der Waals surface area contributed by atoms with Crippen LogP contribution in [0.2, 0.25) is 0 Å². The van der Waals surface area contributed by atoms with Crippen LogP contribution in [0.1, 0.15) is 27.2 Å². The molecule has 14 heavy (non-hydrogen) atoms. The van der Waals surface area contributed by atoms with Gasteiger partial charge in [-0.15, -0.1) is 0 Å². The number of hydrogen-bond donors (Lipinski definition) is 1. The third kappa shape index (κ3) is 6.71. The van der Waals surface area contributed by atoms with E-state index in [2.05, 4.69) is 4.74 Å². The Hall–Kier alpha value is -0.780. The Bertz CT molecular complexity index is 208. The van der Waals surface area contributed by atoms with Crippen molar-refractivity contribution in [2.45, 2.75) is 45.0 Å². The summed E-state index contributed by atoms with van der Waals surface area (Å²) < 4.78 is 40.1. The number of rotatable bonds is 2. The van der Waals surface area contributed by atoms with Gasteiger partial charge in [0.05, 0.1) is 6.42 Å². The monoisotopic (exact) mass is 213 g/mol. The molecule has 2 N–H and O–H groups in total. The average Bonchev–Trinajstić information content (AvgIpc) is 1.78. The van der Waals surface area contributed by atoms with E-state index in [1.54, 1.807) is 20.8 Å². The van der Waals surface area contributed by atoms with Crippen LogP contribution in [0.3, 0.4) is 0 Å². The molecule has 0 aliphatic carbocycles. The maximum Gasteiger partial charge on any atom is 0.391 e. The minimum atomic E-state index is -4.45. The van der Waals surface area contributed by atoms with Crippen LogP contribution >= 0.6 is 0 Å². The molecule has 1 atom stereocenters. The van der Waals surface area contributed by atoms with Crippen molar-refractivity contribution in [3.05, 3.63) is 0 Å². The Morgan fingerprint density at radius 2 is 1.79 bits per heavy atom. The highest BCUT2D eigenvalue weighted by atomic mass is 19.4. The molecule has 0 aromatic carbocycles. The Balaban J connectivity index is 4.15.